The average molecular weight is 274 g/mol. The Morgan fingerprint density at radius 3 is 3.00 bits per heavy atom. The Kier molecular flexibility index (Phi) is 3.78. The van der Waals surface area contributed by atoms with E-state index < -0.39 is 9.84 Å². The summed E-state index contributed by atoms with van der Waals surface area (Å²) in [5.41, 5.74) is 2.64. The smallest absolute Gasteiger partial charge is 0.220 e. The van der Waals surface area contributed by atoms with Crippen molar-refractivity contribution < 1.29 is 13.2 Å². The lowest BCUT2D eigenvalue weighted by atomic mass is 10.2. The van der Waals surface area contributed by atoms with Gasteiger partial charge in [0, 0.05) is 17.8 Å². The van der Waals surface area contributed by atoms with Crippen LogP contribution in [0.4, 0.5) is 0 Å². The molecule has 2 heterocycles. The number of aromatic nitrogens is 1. The van der Waals surface area contributed by atoms with E-state index in [4.69, 9.17) is 0 Å². The minimum atomic E-state index is -2.92. The Bertz CT molecular complexity index is 482. The van der Waals surface area contributed by atoms with Crippen LogP contribution < -0.4 is 5.32 Å². The molecule has 0 saturated carbocycles. The summed E-state index contributed by atoms with van der Waals surface area (Å²) in [4.78, 5) is 15.7. The third-order valence-electron chi connectivity index (χ3n) is 2.69. The predicted molar refractivity (Wildman–Crippen MR) is 65.6 cm³/mol. The lowest BCUT2D eigenvalue weighted by Crippen LogP contribution is -2.35. The SMILES string of the molecule is O=C(CCc1cscn1)NC1CCS(=O)(=O)C1. The van der Waals surface area contributed by atoms with Gasteiger partial charge in [0.15, 0.2) is 9.84 Å². The first-order valence-electron chi connectivity index (χ1n) is 5.42. The monoisotopic (exact) mass is 274 g/mol. The summed E-state index contributed by atoms with van der Waals surface area (Å²) in [6.07, 6.45) is 1.50. The van der Waals surface area contributed by atoms with E-state index in [1.807, 2.05) is 5.38 Å². The highest BCUT2D eigenvalue weighted by molar-refractivity contribution is 7.91. The number of nitrogens with one attached hydrogen (secondary N) is 1. The molecule has 1 aliphatic rings. The normalized spacial score (nSPS) is 22.5. The maximum atomic E-state index is 11.6. The largest absolute Gasteiger partial charge is 0.352 e. The van der Waals surface area contributed by atoms with Crippen molar-refractivity contribution in [2.24, 2.45) is 0 Å². The van der Waals surface area contributed by atoms with Gasteiger partial charge in [0.2, 0.25) is 5.91 Å². The molecule has 1 amide bonds. The molecular formula is C10H14N2O3S2. The number of hydrogen-bond acceptors (Lipinski definition) is 5. The van der Waals surface area contributed by atoms with E-state index in [2.05, 4.69) is 10.3 Å². The van der Waals surface area contributed by atoms with Crippen LogP contribution in [-0.4, -0.2) is 36.9 Å². The summed E-state index contributed by atoms with van der Waals surface area (Å²) in [7, 11) is -2.92. The van der Waals surface area contributed by atoms with Gasteiger partial charge in [-0.25, -0.2) is 13.4 Å². The summed E-state index contributed by atoms with van der Waals surface area (Å²) in [6, 6.07) is -0.206. The number of amides is 1. The zero-order valence-electron chi connectivity index (χ0n) is 9.26. The first kappa shape index (κ1) is 12.5. The van der Waals surface area contributed by atoms with Crippen molar-refractivity contribution >= 4 is 27.1 Å². The van der Waals surface area contributed by atoms with Crippen molar-refractivity contribution in [2.45, 2.75) is 25.3 Å². The van der Waals surface area contributed by atoms with Crippen molar-refractivity contribution in [1.29, 1.82) is 0 Å². The summed E-state index contributed by atoms with van der Waals surface area (Å²) >= 11 is 1.50. The molecule has 7 heteroatoms. The molecule has 1 atom stereocenters. The van der Waals surface area contributed by atoms with Crippen molar-refractivity contribution in [3.63, 3.8) is 0 Å². The van der Waals surface area contributed by atoms with Crippen LogP contribution in [0.1, 0.15) is 18.5 Å². The highest BCUT2D eigenvalue weighted by Gasteiger charge is 2.28. The molecular weight excluding hydrogens is 260 g/mol. The molecule has 1 fully saturated rings. The first-order chi connectivity index (χ1) is 8.05. The van der Waals surface area contributed by atoms with Crippen LogP contribution >= 0.6 is 11.3 Å². The van der Waals surface area contributed by atoms with Gasteiger partial charge >= 0.3 is 0 Å². The summed E-state index contributed by atoms with van der Waals surface area (Å²) < 4.78 is 22.4. The lowest BCUT2D eigenvalue weighted by Gasteiger charge is -2.09. The molecule has 5 nitrogen and oxygen atoms in total. The van der Waals surface area contributed by atoms with E-state index in [9.17, 15) is 13.2 Å². The zero-order chi connectivity index (χ0) is 12.3. The second-order valence-corrected chi connectivity index (χ2v) is 7.09. The quantitative estimate of drug-likeness (QED) is 0.861. The molecule has 0 bridgehead atoms. The predicted octanol–water partition coefficient (Wildman–Crippen LogP) is 0.379. The van der Waals surface area contributed by atoms with Crippen molar-refractivity contribution in [1.82, 2.24) is 10.3 Å². The Labute approximate surface area is 104 Å². The van der Waals surface area contributed by atoms with Crippen LogP contribution in [0.15, 0.2) is 10.9 Å². The van der Waals surface area contributed by atoms with Gasteiger partial charge in [-0.15, -0.1) is 11.3 Å². The van der Waals surface area contributed by atoms with Crippen LogP contribution in [0, 0.1) is 0 Å². The summed E-state index contributed by atoms with van der Waals surface area (Å²) in [5.74, 6) is 0.166. The molecule has 0 aromatic carbocycles. The maximum absolute atomic E-state index is 11.6. The minimum Gasteiger partial charge on any atom is -0.352 e. The van der Waals surface area contributed by atoms with E-state index >= 15 is 0 Å². The Balaban J connectivity index is 1.75. The van der Waals surface area contributed by atoms with E-state index in [1.54, 1.807) is 5.51 Å². The number of sulfone groups is 1. The second-order valence-electron chi connectivity index (χ2n) is 4.15. The molecule has 0 radical (unpaired) electrons. The topological polar surface area (TPSA) is 76.1 Å². The number of nitrogens with zero attached hydrogens (tertiary/aromatic N) is 1. The van der Waals surface area contributed by atoms with E-state index in [1.165, 1.54) is 11.3 Å². The van der Waals surface area contributed by atoms with Gasteiger partial charge in [-0.3, -0.25) is 4.79 Å². The average Bonchev–Trinajstić information content (AvgIpc) is 2.85. The Morgan fingerprint density at radius 2 is 2.41 bits per heavy atom. The fourth-order valence-electron chi connectivity index (χ4n) is 1.81. The van der Waals surface area contributed by atoms with Gasteiger partial charge in [0.05, 0.1) is 22.7 Å². The maximum Gasteiger partial charge on any atom is 0.220 e. The molecule has 0 aliphatic carbocycles. The van der Waals surface area contributed by atoms with Gasteiger partial charge < -0.3 is 5.32 Å². The first-order valence-corrected chi connectivity index (χ1v) is 8.18. The molecule has 1 aromatic heterocycles. The van der Waals surface area contributed by atoms with Gasteiger partial charge in [-0.2, -0.15) is 0 Å². The number of thiazole rings is 1. The van der Waals surface area contributed by atoms with Gasteiger partial charge in [-0.1, -0.05) is 0 Å². The molecule has 1 unspecified atom stereocenters. The fraction of sp³-hybridized carbons (Fsp3) is 0.600. The third-order valence-corrected chi connectivity index (χ3v) is 5.09. The Hall–Kier alpha value is -0.950. The van der Waals surface area contributed by atoms with Crippen molar-refractivity contribution in [3.05, 3.63) is 16.6 Å². The highest BCUT2D eigenvalue weighted by Crippen LogP contribution is 2.11. The van der Waals surface area contributed by atoms with Crippen LogP contribution in [0.25, 0.3) is 0 Å². The highest BCUT2D eigenvalue weighted by atomic mass is 32.2. The zero-order valence-corrected chi connectivity index (χ0v) is 10.9. The Morgan fingerprint density at radius 1 is 1.59 bits per heavy atom. The third kappa shape index (κ3) is 3.78. The van der Waals surface area contributed by atoms with Crippen molar-refractivity contribution in [3.8, 4) is 0 Å². The summed E-state index contributed by atoms with van der Waals surface area (Å²) in [5, 5.41) is 4.66. The van der Waals surface area contributed by atoms with Gasteiger partial charge in [0.1, 0.15) is 0 Å². The molecule has 94 valence electrons. The minimum absolute atomic E-state index is 0.0788. The lowest BCUT2D eigenvalue weighted by molar-refractivity contribution is -0.121. The molecule has 1 N–H and O–H groups in total. The molecule has 0 spiro atoms. The number of hydrogen-bond donors (Lipinski definition) is 1. The van der Waals surface area contributed by atoms with E-state index in [-0.39, 0.29) is 23.5 Å². The van der Waals surface area contributed by atoms with Crippen LogP contribution in [-0.2, 0) is 21.1 Å². The van der Waals surface area contributed by atoms with E-state index in [0.29, 0.717) is 19.3 Å². The molecule has 1 aliphatic heterocycles. The van der Waals surface area contributed by atoms with Crippen LogP contribution in [0.3, 0.4) is 0 Å². The molecule has 1 aromatic rings. The number of aryl methyl sites for hydroxylation is 1. The fourth-order valence-corrected chi connectivity index (χ4v) is 4.08. The number of rotatable bonds is 4. The standard InChI is InChI=1S/C10H14N2O3S2/c13-10(2-1-8-5-16-7-11-8)12-9-3-4-17(14,15)6-9/h5,7,9H,1-4,6H2,(H,12,13). The van der Waals surface area contributed by atoms with Gasteiger partial charge in [0.25, 0.3) is 0 Å². The van der Waals surface area contributed by atoms with Crippen LogP contribution in [0.5, 0.6) is 0 Å². The van der Waals surface area contributed by atoms with E-state index in [0.717, 1.165) is 5.69 Å². The number of carbonyl (C=O) groups excluding carboxylic acids is 1. The van der Waals surface area contributed by atoms with Gasteiger partial charge in [-0.05, 0) is 12.8 Å². The molecule has 1 saturated heterocycles. The number of carbonyl (C=O) groups is 1. The molecule has 2 rings (SSSR count). The second kappa shape index (κ2) is 5.14. The van der Waals surface area contributed by atoms with Crippen LogP contribution in [0.2, 0.25) is 0 Å². The summed E-state index contributed by atoms with van der Waals surface area (Å²) in [6.45, 7) is 0. The van der Waals surface area contributed by atoms with Crippen molar-refractivity contribution in [2.75, 3.05) is 11.5 Å². The molecule has 17 heavy (non-hydrogen) atoms.